The molecule has 1 atom stereocenters. The van der Waals surface area contributed by atoms with Gasteiger partial charge < -0.3 is 5.73 Å². The molecule has 1 nitrogen and oxygen atoms in total. The van der Waals surface area contributed by atoms with Crippen LogP contribution in [0.2, 0.25) is 0 Å². The van der Waals surface area contributed by atoms with Gasteiger partial charge in [0.1, 0.15) is 5.82 Å². The average Bonchev–Trinajstić information content (AvgIpc) is 2.32. The minimum absolute atomic E-state index is 0.112. The average molecular weight is 308 g/mol. The van der Waals surface area contributed by atoms with Gasteiger partial charge in [-0.2, -0.15) is 0 Å². The van der Waals surface area contributed by atoms with Gasteiger partial charge in [-0.25, -0.2) is 4.39 Å². The predicted molar refractivity (Wildman–Crippen MR) is 75.9 cm³/mol. The first kappa shape index (κ1) is 13.2. The quantitative estimate of drug-likeness (QED) is 0.906. The summed E-state index contributed by atoms with van der Waals surface area (Å²) < 4.78 is 14.2. The van der Waals surface area contributed by atoms with E-state index in [2.05, 4.69) is 22.0 Å². The molecule has 0 bridgehead atoms. The Balaban J connectivity index is 2.16. The first-order valence-corrected chi connectivity index (χ1v) is 6.61. The maximum Gasteiger partial charge on any atom is 0.123 e. The second-order valence-electron chi connectivity index (χ2n) is 4.45. The molecule has 2 aromatic rings. The molecule has 0 aliphatic heterocycles. The maximum absolute atomic E-state index is 13.1. The van der Waals surface area contributed by atoms with Crippen LogP contribution in [0.15, 0.2) is 46.9 Å². The Hall–Kier alpha value is -1.19. The number of hydrogen-bond donors (Lipinski definition) is 1. The highest BCUT2D eigenvalue weighted by Crippen LogP contribution is 2.22. The van der Waals surface area contributed by atoms with E-state index in [0.717, 1.165) is 21.2 Å². The molecule has 0 amide bonds. The van der Waals surface area contributed by atoms with E-state index in [1.165, 1.54) is 12.1 Å². The van der Waals surface area contributed by atoms with Crippen LogP contribution in [0.4, 0.5) is 4.39 Å². The van der Waals surface area contributed by atoms with Gasteiger partial charge in [0.25, 0.3) is 0 Å². The Morgan fingerprint density at radius 1 is 1.22 bits per heavy atom. The van der Waals surface area contributed by atoms with E-state index in [9.17, 15) is 4.39 Å². The fourth-order valence-electron chi connectivity index (χ4n) is 1.93. The van der Waals surface area contributed by atoms with Crippen molar-refractivity contribution in [3.8, 4) is 0 Å². The minimum Gasteiger partial charge on any atom is -0.324 e. The summed E-state index contributed by atoms with van der Waals surface area (Å²) in [5, 5.41) is 0. The molecule has 0 aromatic heterocycles. The van der Waals surface area contributed by atoms with Crippen molar-refractivity contribution < 1.29 is 4.39 Å². The summed E-state index contributed by atoms with van der Waals surface area (Å²) in [4.78, 5) is 0. The molecule has 1 unspecified atom stereocenters. The number of hydrogen-bond acceptors (Lipinski definition) is 1. The van der Waals surface area contributed by atoms with Crippen molar-refractivity contribution in [3.05, 3.63) is 69.4 Å². The number of aryl methyl sites for hydroxylation is 1. The summed E-state index contributed by atoms with van der Waals surface area (Å²) in [7, 11) is 0. The van der Waals surface area contributed by atoms with Gasteiger partial charge in [-0.3, -0.25) is 0 Å². The van der Waals surface area contributed by atoms with Crippen molar-refractivity contribution >= 4 is 15.9 Å². The van der Waals surface area contributed by atoms with E-state index in [4.69, 9.17) is 5.73 Å². The molecular formula is C15H15BrFN. The Bertz CT molecular complexity index is 554. The molecule has 0 fully saturated rings. The third-order valence-corrected chi connectivity index (χ3v) is 3.84. The number of rotatable bonds is 3. The standard InChI is InChI=1S/C15H15BrFN/c1-10-7-12(5-6-14(10)16)15(18)9-11-3-2-4-13(17)8-11/h2-8,15H,9,18H2,1H3. The Morgan fingerprint density at radius 2 is 2.00 bits per heavy atom. The zero-order valence-corrected chi connectivity index (χ0v) is 11.7. The number of nitrogens with two attached hydrogens (primary N) is 1. The molecule has 2 rings (SSSR count). The molecule has 3 heteroatoms. The SMILES string of the molecule is Cc1cc(C(N)Cc2cccc(F)c2)ccc1Br. The Morgan fingerprint density at radius 3 is 2.67 bits per heavy atom. The molecule has 2 N–H and O–H groups in total. The summed E-state index contributed by atoms with van der Waals surface area (Å²) in [6, 6.07) is 12.5. The Labute approximate surface area is 115 Å². The third-order valence-electron chi connectivity index (χ3n) is 2.95. The first-order valence-electron chi connectivity index (χ1n) is 5.82. The van der Waals surface area contributed by atoms with Crippen molar-refractivity contribution in [2.45, 2.75) is 19.4 Å². The van der Waals surface area contributed by atoms with Gasteiger partial charge in [0.2, 0.25) is 0 Å². The number of benzene rings is 2. The minimum atomic E-state index is -0.216. The van der Waals surface area contributed by atoms with Crippen LogP contribution in [0.25, 0.3) is 0 Å². The van der Waals surface area contributed by atoms with Crippen LogP contribution >= 0.6 is 15.9 Å². The van der Waals surface area contributed by atoms with E-state index in [-0.39, 0.29) is 11.9 Å². The van der Waals surface area contributed by atoms with Gasteiger partial charge in [-0.05, 0) is 48.2 Å². The molecule has 18 heavy (non-hydrogen) atoms. The molecule has 0 heterocycles. The second-order valence-corrected chi connectivity index (χ2v) is 5.30. The summed E-state index contributed by atoms with van der Waals surface area (Å²) in [5.74, 6) is -0.216. The van der Waals surface area contributed by atoms with Gasteiger partial charge in [0, 0.05) is 10.5 Å². The first-order chi connectivity index (χ1) is 8.56. The van der Waals surface area contributed by atoms with Crippen LogP contribution < -0.4 is 5.73 Å². The van der Waals surface area contributed by atoms with Crippen LogP contribution in [0, 0.1) is 12.7 Å². The van der Waals surface area contributed by atoms with Crippen LogP contribution in [0.3, 0.4) is 0 Å². The molecule has 94 valence electrons. The highest BCUT2D eigenvalue weighted by molar-refractivity contribution is 9.10. The summed E-state index contributed by atoms with van der Waals surface area (Å²) in [5.41, 5.74) is 9.30. The zero-order chi connectivity index (χ0) is 13.1. The fraction of sp³-hybridized carbons (Fsp3) is 0.200. The van der Waals surface area contributed by atoms with Gasteiger partial charge in [0.05, 0.1) is 0 Å². The highest BCUT2D eigenvalue weighted by atomic mass is 79.9. The second kappa shape index (κ2) is 5.63. The van der Waals surface area contributed by atoms with Crippen molar-refractivity contribution in [2.24, 2.45) is 5.73 Å². The predicted octanol–water partition coefficient (Wildman–Crippen LogP) is 4.14. The van der Waals surface area contributed by atoms with Crippen LogP contribution in [-0.4, -0.2) is 0 Å². The van der Waals surface area contributed by atoms with Crippen LogP contribution in [-0.2, 0) is 6.42 Å². The lowest BCUT2D eigenvalue weighted by Gasteiger charge is -2.13. The monoisotopic (exact) mass is 307 g/mol. The molecule has 0 saturated carbocycles. The van der Waals surface area contributed by atoms with E-state index in [1.54, 1.807) is 6.07 Å². The van der Waals surface area contributed by atoms with Crippen LogP contribution in [0.1, 0.15) is 22.7 Å². The third kappa shape index (κ3) is 3.18. The largest absolute Gasteiger partial charge is 0.324 e. The molecule has 0 spiro atoms. The highest BCUT2D eigenvalue weighted by Gasteiger charge is 2.08. The summed E-state index contributed by atoms with van der Waals surface area (Å²) in [6.07, 6.45) is 0.638. The summed E-state index contributed by atoms with van der Waals surface area (Å²) in [6.45, 7) is 2.03. The van der Waals surface area contributed by atoms with Crippen molar-refractivity contribution in [2.75, 3.05) is 0 Å². The van der Waals surface area contributed by atoms with Gasteiger partial charge >= 0.3 is 0 Å². The van der Waals surface area contributed by atoms with Gasteiger partial charge in [-0.15, -0.1) is 0 Å². The smallest absolute Gasteiger partial charge is 0.123 e. The normalized spacial score (nSPS) is 12.4. The van der Waals surface area contributed by atoms with Gasteiger partial charge in [-0.1, -0.05) is 40.2 Å². The lowest BCUT2D eigenvalue weighted by atomic mass is 9.98. The van der Waals surface area contributed by atoms with E-state index >= 15 is 0 Å². The zero-order valence-electron chi connectivity index (χ0n) is 10.2. The van der Waals surface area contributed by atoms with E-state index in [0.29, 0.717) is 6.42 Å². The van der Waals surface area contributed by atoms with E-state index < -0.39 is 0 Å². The number of halogens is 2. The molecule has 0 aliphatic carbocycles. The topological polar surface area (TPSA) is 26.0 Å². The lowest BCUT2D eigenvalue weighted by Crippen LogP contribution is -2.13. The van der Waals surface area contributed by atoms with Crippen LogP contribution in [0.5, 0.6) is 0 Å². The molecule has 2 aromatic carbocycles. The van der Waals surface area contributed by atoms with Crippen molar-refractivity contribution in [1.29, 1.82) is 0 Å². The van der Waals surface area contributed by atoms with Crippen molar-refractivity contribution in [1.82, 2.24) is 0 Å². The molecule has 0 saturated heterocycles. The van der Waals surface area contributed by atoms with Crippen molar-refractivity contribution in [3.63, 3.8) is 0 Å². The Kier molecular flexibility index (Phi) is 4.15. The summed E-state index contributed by atoms with van der Waals surface area (Å²) >= 11 is 3.46. The maximum atomic E-state index is 13.1. The molecular weight excluding hydrogens is 293 g/mol. The van der Waals surface area contributed by atoms with Gasteiger partial charge in [0.15, 0.2) is 0 Å². The lowest BCUT2D eigenvalue weighted by molar-refractivity contribution is 0.622. The molecule has 0 radical (unpaired) electrons. The van der Waals surface area contributed by atoms with E-state index in [1.807, 2.05) is 25.1 Å². The fourth-order valence-corrected chi connectivity index (χ4v) is 2.18. The molecule has 0 aliphatic rings.